The molecule has 0 unspecified atom stereocenters. The van der Waals surface area contributed by atoms with Crippen molar-refractivity contribution in [1.82, 2.24) is 25.3 Å². The van der Waals surface area contributed by atoms with Gasteiger partial charge in [0.05, 0.1) is 18.0 Å². The third kappa shape index (κ3) is 4.64. The third-order valence-corrected chi connectivity index (χ3v) is 6.22. The Morgan fingerprint density at radius 2 is 2.00 bits per heavy atom. The highest BCUT2D eigenvalue weighted by Crippen LogP contribution is 2.28. The molecule has 1 aliphatic rings. The van der Waals surface area contributed by atoms with Gasteiger partial charge in [-0.1, -0.05) is 36.4 Å². The van der Waals surface area contributed by atoms with Gasteiger partial charge in [0.15, 0.2) is 0 Å². The van der Waals surface area contributed by atoms with Crippen LogP contribution in [0, 0.1) is 0 Å². The van der Waals surface area contributed by atoms with Crippen molar-refractivity contribution in [2.75, 3.05) is 26.8 Å². The fourth-order valence-electron chi connectivity index (χ4n) is 3.52. The number of ether oxygens (including phenoxy) is 1. The Labute approximate surface area is 194 Å². The molecule has 1 aliphatic heterocycles. The van der Waals surface area contributed by atoms with Gasteiger partial charge in [-0.2, -0.15) is 0 Å². The van der Waals surface area contributed by atoms with Gasteiger partial charge < -0.3 is 19.4 Å². The molecule has 1 N–H and O–H groups in total. The van der Waals surface area contributed by atoms with Crippen LogP contribution in [0.3, 0.4) is 0 Å². The van der Waals surface area contributed by atoms with Crippen LogP contribution in [0.25, 0.3) is 10.8 Å². The molecule has 4 rings (SSSR count). The summed E-state index contributed by atoms with van der Waals surface area (Å²) in [5.41, 5.74) is -0.598. The van der Waals surface area contributed by atoms with E-state index in [1.807, 2.05) is 23.6 Å². The number of methoxy groups -OCH3 is 1. The van der Waals surface area contributed by atoms with Gasteiger partial charge in [0, 0.05) is 13.7 Å². The highest BCUT2D eigenvalue weighted by Gasteiger charge is 2.49. The number of nitrogens with zero attached hydrogens (tertiary/aromatic N) is 4. The zero-order valence-electron chi connectivity index (χ0n) is 18.2. The minimum absolute atomic E-state index is 0.0279. The molecular weight excluding hydrogens is 446 g/mol. The van der Waals surface area contributed by atoms with Crippen LogP contribution in [0.5, 0.6) is 0 Å². The number of aromatic nitrogens is 2. The molecule has 2 aromatic heterocycles. The number of hydrogen-bond acceptors (Lipinski definition) is 8. The number of hydrogen-bond donors (Lipinski definition) is 1. The highest BCUT2D eigenvalue weighted by atomic mass is 32.1. The van der Waals surface area contributed by atoms with Gasteiger partial charge in [-0.05, 0) is 23.9 Å². The van der Waals surface area contributed by atoms with E-state index in [2.05, 4.69) is 15.5 Å². The van der Waals surface area contributed by atoms with Crippen molar-refractivity contribution in [3.63, 3.8) is 0 Å². The van der Waals surface area contributed by atoms with E-state index >= 15 is 0 Å². The fraction of sp³-hybridized carbons (Fsp3) is 0.318. The molecule has 0 radical (unpaired) electrons. The van der Waals surface area contributed by atoms with Crippen molar-refractivity contribution in [3.05, 3.63) is 59.3 Å². The van der Waals surface area contributed by atoms with Gasteiger partial charge >= 0.3 is 6.03 Å². The Balaban J connectivity index is 1.48. The average molecular weight is 470 g/mol. The number of benzene rings is 1. The van der Waals surface area contributed by atoms with E-state index in [0.717, 1.165) is 9.78 Å². The van der Waals surface area contributed by atoms with Crippen LogP contribution in [0.4, 0.5) is 4.79 Å². The maximum Gasteiger partial charge on any atom is 0.325 e. The number of thiophene rings is 1. The van der Waals surface area contributed by atoms with Crippen LogP contribution in [0.1, 0.15) is 18.4 Å². The van der Waals surface area contributed by atoms with Crippen molar-refractivity contribution >= 4 is 29.2 Å². The van der Waals surface area contributed by atoms with Gasteiger partial charge in [-0.25, -0.2) is 4.79 Å². The summed E-state index contributed by atoms with van der Waals surface area (Å²) in [6.07, 6.45) is 0. The average Bonchev–Trinajstić information content (AvgIpc) is 3.55. The minimum atomic E-state index is -1.24. The van der Waals surface area contributed by atoms with Gasteiger partial charge in [-0.15, -0.1) is 21.5 Å². The molecule has 0 bridgehead atoms. The topological polar surface area (TPSA) is 118 Å². The molecule has 33 heavy (non-hydrogen) atoms. The zero-order valence-corrected chi connectivity index (χ0v) is 19.0. The monoisotopic (exact) mass is 469 g/mol. The lowest BCUT2D eigenvalue weighted by molar-refractivity contribution is -0.139. The maximum atomic E-state index is 13.1. The molecule has 1 fully saturated rings. The number of imide groups is 1. The largest absolute Gasteiger partial charge is 0.418 e. The first-order valence-electron chi connectivity index (χ1n) is 10.2. The lowest BCUT2D eigenvalue weighted by Gasteiger charge is -2.24. The Bertz CT molecular complexity index is 1130. The maximum absolute atomic E-state index is 13.1. The molecule has 10 nitrogen and oxygen atoms in total. The van der Waals surface area contributed by atoms with Crippen LogP contribution >= 0.6 is 11.3 Å². The summed E-state index contributed by atoms with van der Waals surface area (Å²) in [5, 5.41) is 12.7. The molecule has 3 heterocycles. The van der Waals surface area contributed by atoms with Crippen molar-refractivity contribution in [2.24, 2.45) is 0 Å². The van der Waals surface area contributed by atoms with Crippen molar-refractivity contribution in [2.45, 2.75) is 19.0 Å². The predicted octanol–water partition coefficient (Wildman–Crippen LogP) is 2.24. The second kappa shape index (κ2) is 9.51. The summed E-state index contributed by atoms with van der Waals surface area (Å²) in [7, 11) is 1.52. The molecule has 3 aromatic rings. The SMILES string of the molecule is COCCN(Cc1nnc(-c2cccs2)o1)C(=O)CN1C(=O)N[C@@](C)(c2ccccc2)C1=O. The van der Waals surface area contributed by atoms with E-state index in [-0.39, 0.29) is 25.6 Å². The Morgan fingerprint density at radius 3 is 2.70 bits per heavy atom. The van der Waals surface area contributed by atoms with Gasteiger partial charge in [-0.3, -0.25) is 14.5 Å². The normalized spacial score (nSPS) is 17.9. The quantitative estimate of drug-likeness (QED) is 0.478. The number of amides is 4. The summed E-state index contributed by atoms with van der Waals surface area (Å²) >= 11 is 1.46. The van der Waals surface area contributed by atoms with Crippen molar-refractivity contribution < 1.29 is 23.5 Å². The van der Waals surface area contributed by atoms with Gasteiger partial charge in [0.1, 0.15) is 12.1 Å². The summed E-state index contributed by atoms with van der Waals surface area (Å²) < 4.78 is 10.8. The van der Waals surface area contributed by atoms with Crippen LogP contribution in [-0.4, -0.2) is 64.6 Å². The fourth-order valence-corrected chi connectivity index (χ4v) is 4.16. The molecule has 4 amide bonds. The Hall–Kier alpha value is -3.57. The van der Waals surface area contributed by atoms with Crippen LogP contribution < -0.4 is 5.32 Å². The lowest BCUT2D eigenvalue weighted by Crippen LogP contribution is -2.45. The standard InChI is InChI=1S/C22H23N5O5S/c1-22(15-7-4-3-5-8-15)20(29)27(21(30)23-22)14-18(28)26(10-11-31-2)13-17-24-25-19(32-17)16-9-6-12-33-16/h3-9,12H,10-11,13-14H2,1-2H3,(H,23,30)/t22-/m0/s1. The molecule has 1 atom stereocenters. The predicted molar refractivity (Wildman–Crippen MR) is 119 cm³/mol. The number of carbonyl (C=O) groups is 3. The summed E-state index contributed by atoms with van der Waals surface area (Å²) in [4.78, 5) is 42.0. The van der Waals surface area contributed by atoms with Crippen molar-refractivity contribution in [3.8, 4) is 10.8 Å². The smallest absolute Gasteiger partial charge is 0.325 e. The molecular formula is C22H23N5O5S. The molecule has 0 saturated carbocycles. The Morgan fingerprint density at radius 1 is 1.21 bits per heavy atom. The molecule has 0 aliphatic carbocycles. The molecule has 0 spiro atoms. The second-order valence-electron chi connectivity index (χ2n) is 7.60. The van der Waals surface area contributed by atoms with E-state index in [4.69, 9.17) is 9.15 Å². The minimum Gasteiger partial charge on any atom is -0.418 e. The van der Waals surface area contributed by atoms with Crippen LogP contribution in [-0.2, 0) is 26.4 Å². The molecule has 1 aromatic carbocycles. The van der Waals surface area contributed by atoms with E-state index in [1.54, 1.807) is 31.2 Å². The second-order valence-corrected chi connectivity index (χ2v) is 8.55. The number of carbonyl (C=O) groups excluding carboxylic acids is 3. The summed E-state index contributed by atoms with van der Waals surface area (Å²) in [5.74, 6) is -0.318. The van der Waals surface area contributed by atoms with Crippen molar-refractivity contribution in [1.29, 1.82) is 0 Å². The molecule has 172 valence electrons. The van der Waals surface area contributed by atoms with Gasteiger partial charge in [0.2, 0.25) is 11.8 Å². The summed E-state index contributed by atoms with van der Waals surface area (Å²) in [6, 6.07) is 12.0. The summed E-state index contributed by atoms with van der Waals surface area (Å²) in [6.45, 7) is 1.73. The van der Waals surface area contributed by atoms with E-state index in [0.29, 0.717) is 11.5 Å². The van der Waals surface area contributed by atoms with E-state index in [9.17, 15) is 14.4 Å². The van der Waals surface area contributed by atoms with E-state index < -0.39 is 29.9 Å². The first-order valence-corrected chi connectivity index (χ1v) is 11.1. The van der Waals surface area contributed by atoms with Crippen LogP contribution in [0.2, 0.25) is 0 Å². The zero-order chi connectivity index (χ0) is 23.4. The number of nitrogens with one attached hydrogen (secondary N) is 1. The first kappa shape index (κ1) is 22.6. The van der Waals surface area contributed by atoms with E-state index in [1.165, 1.54) is 23.3 Å². The number of urea groups is 1. The first-order chi connectivity index (χ1) is 15.9. The van der Waals surface area contributed by atoms with Crippen LogP contribution in [0.15, 0.2) is 52.3 Å². The van der Waals surface area contributed by atoms with Gasteiger partial charge in [0.25, 0.3) is 11.8 Å². The number of rotatable bonds is 9. The molecule has 1 saturated heterocycles. The molecule has 11 heteroatoms. The highest BCUT2D eigenvalue weighted by molar-refractivity contribution is 7.13. The Kier molecular flexibility index (Phi) is 6.52. The third-order valence-electron chi connectivity index (χ3n) is 5.36. The lowest BCUT2D eigenvalue weighted by atomic mass is 9.92.